The Labute approximate surface area is 112 Å². The van der Waals surface area contributed by atoms with Gasteiger partial charge in [0.25, 0.3) is 0 Å². The van der Waals surface area contributed by atoms with Crippen molar-refractivity contribution in [2.24, 2.45) is 0 Å². The summed E-state index contributed by atoms with van der Waals surface area (Å²) in [7, 11) is 0. The molecule has 0 atom stereocenters. The van der Waals surface area contributed by atoms with E-state index < -0.39 is 17.5 Å². The van der Waals surface area contributed by atoms with E-state index in [0.717, 1.165) is 17.7 Å². The zero-order valence-electron chi connectivity index (χ0n) is 9.65. The topological polar surface area (TPSA) is 17.1 Å². The number of ketones is 1. The lowest BCUT2D eigenvalue weighted by molar-refractivity contribution is -0.137. The fraction of sp³-hybridized carbons (Fsp3) is 0.0714. The molecule has 0 aliphatic rings. The van der Waals surface area contributed by atoms with Crippen LogP contribution in [-0.2, 0) is 6.18 Å². The van der Waals surface area contributed by atoms with E-state index in [0.29, 0.717) is 0 Å². The zero-order chi connectivity index (χ0) is 13.9. The van der Waals surface area contributed by atoms with E-state index in [2.05, 4.69) is 0 Å². The first-order chi connectivity index (χ1) is 8.97. The number of benzene rings is 1. The lowest BCUT2D eigenvalue weighted by Gasteiger charge is -2.06. The number of carbonyl (C=O) groups is 1. The average Bonchev–Trinajstić information content (AvgIpc) is 2.88. The first-order valence-electron chi connectivity index (χ1n) is 5.39. The van der Waals surface area contributed by atoms with Gasteiger partial charge < -0.3 is 0 Å². The van der Waals surface area contributed by atoms with Crippen LogP contribution in [0.5, 0.6) is 0 Å². The molecule has 1 nitrogen and oxygen atoms in total. The molecule has 2 aromatic rings. The van der Waals surface area contributed by atoms with E-state index in [4.69, 9.17) is 0 Å². The van der Waals surface area contributed by atoms with Crippen molar-refractivity contribution < 1.29 is 18.0 Å². The largest absolute Gasteiger partial charge is 0.416 e. The van der Waals surface area contributed by atoms with Crippen molar-refractivity contribution in [2.75, 3.05) is 0 Å². The van der Waals surface area contributed by atoms with Gasteiger partial charge in [0, 0.05) is 5.56 Å². The van der Waals surface area contributed by atoms with Crippen molar-refractivity contribution in [1.82, 2.24) is 0 Å². The molecule has 5 heteroatoms. The fourth-order valence-electron chi connectivity index (χ4n) is 1.49. The molecular weight excluding hydrogens is 273 g/mol. The summed E-state index contributed by atoms with van der Waals surface area (Å²) < 4.78 is 37.5. The van der Waals surface area contributed by atoms with Crippen LogP contribution in [-0.4, -0.2) is 5.78 Å². The minimum absolute atomic E-state index is 0.0290. The van der Waals surface area contributed by atoms with Crippen LogP contribution >= 0.6 is 11.3 Å². The maximum Gasteiger partial charge on any atom is 0.416 e. The maximum absolute atomic E-state index is 12.5. The highest BCUT2D eigenvalue weighted by molar-refractivity contribution is 7.08. The quantitative estimate of drug-likeness (QED) is 0.591. The Kier molecular flexibility index (Phi) is 3.85. The van der Waals surface area contributed by atoms with Crippen LogP contribution in [0.4, 0.5) is 13.2 Å². The molecular formula is C14H9F3OS. The number of allylic oxidation sites excluding steroid dienone is 1. The summed E-state index contributed by atoms with van der Waals surface area (Å²) in [4.78, 5) is 11.8. The highest BCUT2D eigenvalue weighted by Crippen LogP contribution is 2.29. The first kappa shape index (κ1) is 13.5. The van der Waals surface area contributed by atoms with E-state index in [1.54, 1.807) is 6.08 Å². The molecule has 0 aliphatic heterocycles. The number of halogens is 3. The molecule has 0 aliphatic carbocycles. The molecule has 1 aromatic heterocycles. The molecule has 0 radical (unpaired) electrons. The van der Waals surface area contributed by atoms with Gasteiger partial charge in [-0.3, -0.25) is 4.79 Å². The summed E-state index contributed by atoms with van der Waals surface area (Å²) in [6.45, 7) is 0. The van der Waals surface area contributed by atoms with E-state index in [9.17, 15) is 18.0 Å². The van der Waals surface area contributed by atoms with Crippen molar-refractivity contribution in [3.63, 3.8) is 0 Å². The SMILES string of the molecule is O=C(C=Cc1ccsc1)c1cccc(C(F)(F)F)c1. The fourth-order valence-corrected chi connectivity index (χ4v) is 2.12. The second kappa shape index (κ2) is 5.40. The Morgan fingerprint density at radius 1 is 1.21 bits per heavy atom. The Morgan fingerprint density at radius 3 is 2.63 bits per heavy atom. The van der Waals surface area contributed by atoms with Crippen LogP contribution in [0.15, 0.2) is 47.2 Å². The molecule has 1 heterocycles. The number of hydrogen-bond donors (Lipinski definition) is 0. The summed E-state index contributed by atoms with van der Waals surface area (Å²) in [5.41, 5.74) is 0.0638. The number of thiophene rings is 1. The highest BCUT2D eigenvalue weighted by atomic mass is 32.1. The van der Waals surface area contributed by atoms with Crippen molar-refractivity contribution >= 4 is 23.2 Å². The number of alkyl halides is 3. The molecule has 0 amide bonds. The number of rotatable bonds is 3. The molecule has 0 fully saturated rings. The Hall–Kier alpha value is -1.88. The number of hydrogen-bond acceptors (Lipinski definition) is 2. The van der Waals surface area contributed by atoms with Gasteiger partial charge in [-0.2, -0.15) is 24.5 Å². The van der Waals surface area contributed by atoms with Crippen LogP contribution in [0.25, 0.3) is 6.08 Å². The summed E-state index contributed by atoms with van der Waals surface area (Å²) in [5, 5.41) is 3.70. The van der Waals surface area contributed by atoms with Gasteiger partial charge in [0.1, 0.15) is 0 Å². The minimum Gasteiger partial charge on any atom is -0.289 e. The third-order valence-corrected chi connectivity index (χ3v) is 3.15. The van der Waals surface area contributed by atoms with E-state index in [-0.39, 0.29) is 5.56 Å². The van der Waals surface area contributed by atoms with Crippen LogP contribution in [0, 0.1) is 0 Å². The maximum atomic E-state index is 12.5. The Morgan fingerprint density at radius 2 is 2.00 bits per heavy atom. The molecule has 0 unspecified atom stereocenters. The second-order valence-electron chi connectivity index (χ2n) is 3.83. The van der Waals surface area contributed by atoms with Crippen LogP contribution in [0.1, 0.15) is 21.5 Å². The van der Waals surface area contributed by atoms with E-state index in [1.165, 1.54) is 29.5 Å². The van der Waals surface area contributed by atoms with E-state index in [1.807, 2.05) is 16.8 Å². The van der Waals surface area contributed by atoms with Gasteiger partial charge in [0.15, 0.2) is 5.78 Å². The molecule has 0 N–H and O–H groups in total. The first-order valence-corrected chi connectivity index (χ1v) is 6.33. The van der Waals surface area contributed by atoms with Crippen molar-refractivity contribution in [3.05, 3.63) is 63.9 Å². The standard InChI is InChI=1S/C14H9F3OS/c15-14(16,17)12-3-1-2-11(8-12)13(18)5-4-10-6-7-19-9-10/h1-9H. The molecule has 0 saturated heterocycles. The Balaban J connectivity index is 2.20. The van der Waals surface area contributed by atoms with Crippen molar-refractivity contribution in [1.29, 1.82) is 0 Å². The number of carbonyl (C=O) groups excluding carboxylic acids is 1. The summed E-state index contributed by atoms with van der Waals surface area (Å²) in [6, 6.07) is 6.23. The van der Waals surface area contributed by atoms with Gasteiger partial charge in [0.05, 0.1) is 5.56 Å². The van der Waals surface area contributed by atoms with Crippen LogP contribution < -0.4 is 0 Å². The second-order valence-corrected chi connectivity index (χ2v) is 4.61. The van der Waals surface area contributed by atoms with Gasteiger partial charge in [-0.05, 0) is 40.6 Å². The normalized spacial score (nSPS) is 11.9. The molecule has 2 rings (SSSR count). The predicted octanol–water partition coefficient (Wildman–Crippen LogP) is 4.66. The molecule has 0 spiro atoms. The predicted molar refractivity (Wildman–Crippen MR) is 69.1 cm³/mol. The lowest BCUT2D eigenvalue weighted by Crippen LogP contribution is -2.06. The van der Waals surface area contributed by atoms with Gasteiger partial charge in [-0.25, -0.2) is 0 Å². The Bertz CT molecular complexity index is 597. The van der Waals surface area contributed by atoms with Gasteiger partial charge >= 0.3 is 6.18 Å². The molecule has 19 heavy (non-hydrogen) atoms. The summed E-state index contributed by atoms with van der Waals surface area (Å²) >= 11 is 1.48. The molecule has 98 valence electrons. The zero-order valence-corrected chi connectivity index (χ0v) is 10.5. The van der Waals surface area contributed by atoms with E-state index >= 15 is 0 Å². The third-order valence-electron chi connectivity index (χ3n) is 2.44. The summed E-state index contributed by atoms with van der Waals surface area (Å²) in [5.74, 6) is -0.447. The van der Waals surface area contributed by atoms with Gasteiger partial charge in [0.2, 0.25) is 0 Å². The third kappa shape index (κ3) is 3.54. The van der Waals surface area contributed by atoms with Crippen molar-refractivity contribution in [2.45, 2.75) is 6.18 Å². The van der Waals surface area contributed by atoms with Crippen molar-refractivity contribution in [3.8, 4) is 0 Å². The molecule has 0 bridgehead atoms. The molecule has 0 saturated carbocycles. The summed E-state index contributed by atoms with van der Waals surface area (Å²) in [6.07, 6.45) is -1.58. The van der Waals surface area contributed by atoms with Gasteiger partial charge in [-0.15, -0.1) is 0 Å². The minimum atomic E-state index is -4.44. The smallest absolute Gasteiger partial charge is 0.289 e. The van der Waals surface area contributed by atoms with Crippen LogP contribution in [0.2, 0.25) is 0 Å². The molecule has 1 aromatic carbocycles. The van der Waals surface area contributed by atoms with Crippen LogP contribution in [0.3, 0.4) is 0 Å². The monoisotopic (exact) mass is 282 g/mol. The average molecular weight is 282 g/mol. The lowest BCUT2D eigenvalue weighted by atomic mass is 10.1. The van der Waals surface area contributed by atoms with Gasteiger partial charge in [-0.1, -0.05) is 18.2 Å². The highest BCUT2D eigenvalue weighted by Gasteiger charge is 2.30.